The van der Waals surface area contributed by atoms with Gasteiger partial charge in [0.1, 0.15) is 12.2 Å². The second-order valence-corrected chi connectivity index (χ2v) is 35.1. The van der Waals surface area contributed by atoms with Crippen molar-refractivity contribution in [3.05, 3.63) is 126 Å². The second-order valence-electron chi connectivity index (χ2n) is 33.4. The predicted molar refractivity (Wildman–Crippen MR) is 672 cm³/mol. The van der Waals surface area contributed by atoms with Gasteiger partial charge in [0.25, 0.3) is 21.9 Å². The molecule has 3 aromatic carbocycles. The van der Waals surface area contributed by atoms with Crippen LogP contribution in [0.15, 0.2) is 114 Å². The number of hydrogen-bond donors (Lipinski definition) is 5. The number of hydrogen-bond acceptors (Lipinski definition) is 14. The van der Waals surface area contributed by atoms with E-state index in [2.05, 4.69) is 347 Å². The van der Waals surface area contributed by atoms with E-state index in [1.165, 1.54) is 115 Å². The molecule has 0 aromatic heterocycles. The lowest BCUT2D eigenvalue weighted by Gasteiger charge is -2.43. The summed E-state index contributed by atoms with van der Waals surface area (Å²) >= 11 is 0. The van der Waals surface area contributed by atoms with Crippen LogP contribution in [-0.4, -0.2) is 123 Å². The van der Waals surface area contributed by atoms with E-state index in [0.29, 0.717) is 13.0 Å². The molecule has 0 radical (unpaired) electrons. The average molecular weight is 2040 g/mol. The normalized spacial score (nSPS) is 16.9. The monoisotopic (exact) mass is 2030 g/mol. The summed E-state index contributed by atoms with van der Waals surface area (Å²) in [6, 6.07) is 24.5. The molecule has 2 amide bonds. The van der Waals surface area contributed by atoms with Crippen LogP contribution in [0.5, 0.6) is 0 Å². The van der Waals surface area contributed by atoms with Crippen molar-refractivity contribution in [2.45, 2.75) is 297 Å². The zero-order chi connectivity index (χ0) is 104. The summed E-state index contributed by atoms with van der Waals surface area (Å²) in [5.74, 6) is 120. The van der Waals surface area contributed by atoms with E-state index < -0.39 is 89.8 Å². The first kappa shape index (κ1) is 121. The van der Waals surface area contributed by atoms with Crippen molar-refractivity contribution in [1.29, 1.82) is 0 Å². The largest absolute Gasteiger partial charge is 0.394 e. The van der Waals surface area contributed by atoms with Crippen LogP contribution in [0.3, 0.4) is 0 Å². The molecule has 0 spiro atoms. The molecule has 2 fully saturated rings. The van der Waals surface area contributed by atoms with Gasteiger partial charge < -0.3 is 54.4 Å². The van der Waals surface area contributed by atoms with Gasteiger partial charge in [0.2, 0.25) is 0 Å². The second kappa shape index (κ2) is 80.7. The van der Waals surface area contributed by atoms with Crippen LogP contribution in [0.25, 0.3) is 0 Å². The van der Waals surface area contributed by atoms with Gasteiger partial charge in [-0.05, 0) is 296 Å². The number of carbonyl (C=O) groups is 2. The highest BCUT2D eigenvalue weighted by Crippen LogP contribution is 2.35. The van der Waals surface area contributed by atoms with Gasteiger partial charge in [-0.1, -0.05) is 273 Å². The number of aliphatic hydroxyl groups is 3. The number of rotatable bonds is 47. The van der Waals surface area contributed by atoms with Crippen LogP contribution in [0.2, 0.25) is 0 Å². The van der Waals surface area contributed by atoms with Crippen LogP contribution < -0.4 is 10.6 Å². The fraction of sp³-hybridized carbons (Fsp3) is 0.433. The molecule has 4 unspecified atom stereocenters. The smallest absolute Gasteiger partial charge is 0.297 e. The van der Waals surface area contributed by atoms with Crippen LogP contribution in [0.4, 0.5) is 0 Å². The summed E-state index contributed by atoms with van der Waals surface area (Å²) in [7, 11) is -4.15. The van der Waals surface area contributed by atoms with E-state index in [9.17, 15) is 33.3 Å². The van der Waals surface area contributed by atoms with E-state index in [0.717, 1.165) is 48.8 Å². The van der Waals surface area contributed by atoms with Crippen molar-refractivity contribution in [1.82, 2.24) is 10.6 Å². The number of ether oxygens (including phenoxy) is 6. The van der Waals surface area contributed by atoms with Crippen molar-refractivity contribution < 1.29 is 134 Å². The van der Waals surface area contributed by atoms with Gasteiger partial charge >= 0.3 is 0 Å². The summed E-state index contributed by atoms with van der Waals surface area (Å²) in [6.07, 6.45) is 28.8. The van der Waals surface area contributed by atoms with E-state index in [1.54, 1.807) is 26.0 Å². The minimum atomic E-state index is -4.15. The van der Waals surface area contributed by atoms with Gasteiger partial charge in [-0.2, -0.15) is 8.42 Å². The molecule has 832 valence electrons. The maximum absolute atomic E-state index is 13.6. The molecule has 0 aliphatic carbocycles. The zero-order valence-electron chi connectivity index (χ0n) is 84.7. The maximum Gasteiger partial charge on any atom is 0.297 e. The Hall–Kier alpha value is -14.9. The molecule has 144 heavy (non-hydrogen) atoms. The summed E-state index contributed by atoms with van der Waals surface area (Å²) in [5, 5.41) is 37.8. The number of amides is 2. The fourth-order valence-corrected chi connectivity index (χ4v) is 15.0. The molecule has 2 aliphatic heterocycles. The molecule has 16 atom stereocenters. The summed E-state index contributed by atoms with van der Waals surface area (Å²) < 4.78 is 70.0. The number of nitrogens with one attached hydrogen (secondary N) is 2. The number of benzene rings is 3. The minimum Gasteiger partial charge on any atom is -0.394 e. The summed E-state index contributed by atoms with van der Waals surface area (Å²) in [6.45, 7) is 21.2. The fourth-order valence-electron chi connectivity index (χ4n) is 14.1. The Labute approximate surface area is 933 Å². The van der Waals surface area contributed by atoms with E-state index >= 15 is 0 Å². The Morgan fingerprint density at radius 3 is 0.979 bits per heavy atom. The lowest BCUT2D eigenvalue weighted by atomic mass is 9.85. The molecule has 5 rings (SSSR count). The first-order valence-electron chi connectivity index (χ1n) is 48.8. The third kappa shape index (κ3) is 57.7. The lowest BCUT2D eigenvalue weighted by molar-refractivity contribution is -0.271. The molecule has 17 heteroatoms. The standard InChI is InChI=1S/C67H67NO8S.C60H61NO6.48H2/c1-7-9-11-13-15-17-19-21-22-23-24-25-26-27-28-29-30-31-33-35-37-39-44-48-64(69)68-62(54-74-67-59(6)58(5)65(70)63(76-67)55-75-77(71,72)61-51-49-56(3)50-52-61)66(73-53-60-46-42-40-43-47-60)57(4)45-41-38-36-34-32-20-18-16-14-12-10-8-2;1-6-8-10-12-14-16-18-20-21-22-23-24-25-26-27-28-29-30-32-34-36-38-43-47-57(63)61-55(50-66-60-53(5)52(4)58(64)56(48-62)67-60)59(65-49-54-45-41-39-42-46-54)51(3)44-40-37-35-33-31-19-17-15-13-11-9-7-2;;;;;;;;;;;;;;;;;;;;;;;;;;;;;;;;;;;;;;;;;;;;;;;;/h38,40-43,46-47,49-52,57-59,62-63,65-67,70H,8,10,12,14,16,18,20,32,34,36,45,53-55H2,1-6H3,(H,68,69);37,39-42,45-46,51-53,55-56,58-60,62,64H,7,9,11,13,15,17,19,31,33,35,44,48-50H2,1-5H3,(H,61,63);48*1H/t57-,58-,59?,62+,63?,65-,66-,67+;51-,52-,53?,55+,56?,58-,59-,60+;;;;;;;;;;;;;;;;;;;;;;;;;;;;;;;;;;;;;;;;;;;;;;;;/m11................................................/s1. The quantitative estimate of drug-likeness (QED) is 0.0154. The molecule has 2 aliphatic rings. The van der Waals surface area contributed by atoms with Gasteiger partial charge in [-0.15, -0.1) is 0 Å². The molecule has 16 nitrogen and oxygen atoms in total. The lowest BCUT2D eigenvalue weighted by Crippen LogP contribution is -2.54. The topological polar surface area (TPSA) is 218 Å². The average Bonchev–Trinajstić information content (AvgIpc) is 0.820. The zero-order valence-corrected chi connectivity index (χ0v) is 85.5. The first-order valence-corrected chi connectivity index (χ1v) is 50.2. The SMILES string of the molecule is CC#CC#CC#CC#CC#CC#CC#CC#CC#CC#CC#CC#CC(=O)N[C@@H](CO[C@H]1OC(CO)[C@H](O)[C@H](C)C1C)[C@H](OCc1ccccc1)[C@H](C)CC=CCCCCCCCCCCC.CC#CC#CC#CC#CC#CC#CC#CC#CC#CC#CC#CC#CC(=O)N[C@@H](CO[C@H]1OC(COS(=O)(=O)c2ccc(C)cc2)[C@H](O)[C@H](C)C1C)[C@H](OCc1ccccc1)[C@H](C)CC=CCCCCCCCCCCC.[HH].[HH].[HH].[HH].[HH].[HH].[HH].[HH].[HH].[HH].[HH].[HH].[HH].[HH].[HH].[HH].[HH].[HH].[HH].[HH].[HH].[HH].[HH].[HH].[HH].[HH].[HH].[HH].[HH].[HH].[HH].[HH].[HH].[HH].[HH].[HH].[HH].[HH].[HH].[HH].[HH].[HH].[HH].[HH].[HH].[HH].[HH].[HH]. The van der Waals surface area contributed by atoms with Crippen molar-refractivity contribution in [3.8, 4) is 284 Å². The van der Waals surface area contributed by atoms with E-state index in [-0.39, 0.29) is 135 Å². The number of unbranched alkanes of at least 4 members (excludes halogenated alkanes) is 18. The molecule has 5 N–H and O–H groups in total. The Balaban J connectivity index is -0.0000000421. The van der Waals surface area contributed by atoms with Gasteiger partial charge in [-0.3, -0.25) is 13.8 Å². The highest BCUT2D eigenvalue weighted by Gasteiger charge is 2.44. The van der Waals surface area contributed by atoms with Crippen LogP contribution in [-0.2, 0) is 65.5 Å². The van der Waals surface area contributed by atoms with Crippen LogP contribution in [0, 0.1) is 327 Å². The maximum atomic E-state index is 13.6. The number of allylic oxidation sites excluding steroid dienone is 4. The van der Waals surface area contributed by atoms with E-state index in [4.69, 9.17) is 32.6 Å². The van der Waals surface area contributed by atoms with Gasteiger partial charge in [-0.25, -0.2) is 0 Å². The van der Waals surface area contributed by atoms with Gasteiger partial charge in [0.05, 0.1) is 81.0 Å². The molecule has 2 saturated heterocycles. The number of carbonyl (C=O) groups excluding carboxylic acids is 2. The van der Waals surface area contributed by atoms with E-state index in [1.807, 2.05) is 95.3 Å². The number of aryl methyl sites for hydroxylation is 1. The molecular weight excluding hydrogens is 1810 g/mol. The third-order valence-electron chi connectivity index (χ3n) is 22.4. The van der Waals surface area contributed by atoms with Crippen LogP contribution >= 0.6 is 0 Å². The Morgan fingerprint density at radius 2 is 0.674 bits per heavy atom. The van der Waals surface area contributed by atoms with Crippen molar-refractivity contribution in [3.63, 3.8) is 0 Å². The highest BCUT2D eigenvalue weighted by atomic mass is 32.2. The van der Waals surface area contributed by atoms with Gasteiger partial charge in [0.15, 0.2) is 12.6 Å². The van der Waals surface area contributed by atoms with Gasteiger partial charge in [0, 0.05) is 163 Å². The molecule has 2 heterocycles. The molecule has 3 aromatic rings. The molecule has 0 saturated carbocycles. The van der Waals surface area contributed by atoms with Crippen molar-refractivity contribution >= 4 is 21.9 Å². The van der Waals surface area contributed by atoms with Crippen LogP contribution in [0.1, 0.15) is 296 Å². The minimum absolute atomic E-state index is 0. The highest BCUT2D eigenvalue weighted by molar-refractivity contribution is 7.86. The third-order valence-corrected chi connectivity index (χ3v) is 23.7. The van der Waals surface area contributed by atoms with Crippen molar-refractivity contribution in [2.75, 3.05) is 26.4 Å². The predicted octanol–water partition coefficient (Wildman–Crippen LogP) is 27.5. The molecular formula is C127H224N2O14S. The Bertz CT molecular complexity index is 6630. The summed E-state index contributed by atoms with van der Waals surface area (Å²) in [5.41, 5.74) is 2.84. The number of aliphatic hydroxyl groups excluding tert-OH is 3. The Kier molecular flexibility index (Phi) is 68.0. The molecule has 0 bridgehead atoms. The summed E-state index contributed by atoms with van der Waals surface area (Å²) in [4.78, 5) is 26.9. The van der Waals surface area contributed by atoms with Crippen molar-refractivity contribution in [2.24, 2.45) is 35.5 Å². The Morgan fingerprint density at radius 1 is 0.389 bits per heavy atom. The first-order chi connectivity index (χ1) is 70.3.